The molecule has 0 saturated heterocycles. The summed E-state index contributed by atoms with van der Waals surface area (Å²) >= 11 is 0. The Bertz CT molecular complexity index is 604. The molecule has 2 rings (SSSR count). The zero-order valence-electron chi connectivity index (χ0n) is 10.7. The fourth-order valence-electron chi connectivity index (χ4n) is 1.54. The van der Waals surface area contributed by atoms with E-state index in [2.05, 4.69) is 20.6 Å². The van der Waals surface area contributed by atoms with E-state index in [9.17, 15) is 4.79 Å². The largest absolute Gasteiger partial charge is 0.352 e. The van der Waals surface area contributed by atoms with Crippen molar-refractivity contribution in [3.05, 3.63) is 53.9 Å². The molecule has 0 aliphatic rings. The summed E-state index contributed by atoms with van der Waals surface area (Å²) in [6.07, 6.45) is 3.29. The summed E-state index contributed by atoms with van der Waals surface area (Å²) < 4.78 is 0. The Morgan fingerprint density at radius 3 is 2.50 bits per heavy atom. The lowest BCUT2D eigenvalue weighted by atomic mass is 10.1. The Morgan fingerprint density at radius 2 is 1.85 bits per heavy atom. The van der Waals surface area contributed by atoms with Crippen LogP contribution in [-0.2, 0) is 0 Å². The number of anilines is 1. The Morgan fingerprint density at radius 1 is 1.15 bits per heavy atom. The maximum Gasteiger partial charge on any atom is 0.251 e. The van der Waals surface area contributed by atoms with E-state index in [-0.39, 0.29) is 5.91 Å². The molecular formula is C14H13N5O. The van der Waals surface area contributed by atoms with Crippen molar-refractivity contribution in [3.8, 4) is 6.07 Å². The van der Waals surface area contributed by atoms with Crippen LogP contribution in [0.3, 0.4) is 0 Å². The van der Waals surface area contributed by atoms with Gasteiger partial charge in [-0.25, -0.2) is 9.97 Å². The lowest BCUT2D eigenvalue weighted by molar-refractivity contribution is 0.0955. The van der Waals surface area contributed by atoms with E-state index in [4.69, 9.17) is 5.26 Å². The van der Waals surface area contributed by atoms with Crippen molar-refractivity contribution in [3.63, 3.8) is 0 Å². The van der Waals surface area contributed by atoms with Crippen LogP contribution in [0.4, 0.5) is 5.95 Å². The summed E-state index contributed by atoms with van der Waals surface area (Å²) in [5.74, 6) is 0.352. The van der Waals surface area contributed by atoms with Gasteiger partial charge in [-0.15, -0.1) is 0 Å². The average molecular weight is 267 g/mol. The first kappa shape index (κ1) is 13.5. The quantitative estimate of drug-likeness (QED) is 0.794. The molecule has 1 amide bonds. The fourth-order valence-corrected chi connectivity index (χ4v) is 1.54. The normalized spacial score (nSPS) is 9.55. The van der Waals surface area contributed by atoms with Gasteiger partial charge in [0.25, 0.3) is 5.91 Å². The molecule has 0 saturated carbocycles. The Kier molecular flexibility index (Phi) is 4.62. The van der Waals surface area contributed by atoms with Gasteiger partial charge in [0.1, 0.15) is 0 Å². The minimum absolute atomic E-state index is 0.176. The van der Waals surface area contributed by atoms with E-state index in [0.29, 0.717) is 30.2 Å². The standard InChI is InChI=1S/C14H13N5O/c15-10-11-2-4-12(5-3-11)13(20)16-8-9-19-14-17-6-1-7-18-14/h1-7H,8-9H2,(H,16,20)(H,17,18,19). The molecule has 0 spiro atoms. The second-order valence-corrected chi connectivity index (χ2v) is 3.94. The van der Waals surface area contributed by atoms with Crippen LogP contribution in [-0.4, -0.2) is 29.0 Å². The number of amides is 1. The monoisotopic (exact) mass is 267 g/mol. The first-order valence-corrected chi connectivity index (χ1v) is 6.09. The third-order valence-electron chi connectivity index (χ3n) is 2.54. The van der Waals surface area contributed by atoms with Crippen LogP contribution >= 0.6 is 0 Å². The third-order valence-corrected chi connectivity index (χ3v) is 2.54. The number of carbonyl (C=O) groups is 1. The molecule has 20 heavy (non-hydrogen) atoms. The highest BCUT2D eigenvalue weighted by molar-refractivity contribution is 5.94. The first-order chi connectivity index (χ1) is 9.79. The van der Waals surface area contributed by atoms with Gasteiger partial charge in [-0.3, -0.25) is 4.79 Å². The molecule has 0 radical (unpaired) electrons. The molecule has 0 fully saturated rings. The fraction of sp³-hybridized carbons (Fsp3) is 0.143. The maximum absolute atomic E-state index is 11.8. The summed E-state index contributed by atoms with van der Waals surface area (Å²) in [5, 5.41) is 14.4. The summed E-state index contributed by atoms with van der Waals surface area (Å²) in [4.78, 5) is 19.8. The number of benzene rings is 1. The van der Waals surface area contributed by atoms with Crippen molar-refractivity contribution in [2.45, 2.75) is 0 Å². The van der Waals surface area contributed by atoms with Crippen molar-refractivity contribution < 1.29 is 4.79 Å². The van der Waals surface area contributed by atoms with Gasteiger partial charge in [0.05, 0.1) is 11.6 Å². The SMILES string of the molecule is N#Cc1ccc(C(=O)NCCNc2ncccn2)cc1. The summed E-state index contributed by atoms with van der Waals surface area (Å²) in [6, 6.07) is 10.2. The highest BCUT2D eigenvalue weighted by atomic mass is 16.1. The van der Waals surface area contributed by atoms with Crippen LogP contribution in [0.1, 0.15) is 15.9 Å². The molecule has 0 aliphatic heterocycles. The van der Waals surface area contributed by atoms with Gasteiger partial charge >= 0.3 is 0 Å². The Labute approximate surface area is 116 Å². The van der Waals surface area contributed by atoms with Crippen LogP contribution in [0.15, 0.2) is 42.7 Å². The molecule has 6 nitrogen and oxygen atoms in total. The number of hydrogen-bond acceptors (Lipinski definition) is 5. The first-order valence-electron chi connectivity index (χ1n) is 6.09. The average Bonchev–Trinajstić information content (AvgIpc) is 2.52. The smallest absolute Gasteiger partial charge is 0.251 e. The topological polar surface area (TPSA) is 90.7 Å². The summed E-state index contributed by atoms with van der Waals surface area (Å²) in [7, 11) is 0. The lowest BCUT2D eigenvalue weighted by Gasteiger charge is -2.06. The molecule has 2 aromatic rings. The summed E-state index contributed by atoms with van der Waals surface area (Å²) in [6.45, 7) is 0.989. The van der Waals surface area contributed by atoms with Crippen LogP contribution in [0.5, 0.6) is 0 Å². The predicted molar refractivity (Wildman–Crippen MR) is 74.0 cm³/mol. The molecule has 1 aromatic heterocycles. The van der Waals surface area contributed by atoms with Crippen LogP contribution in [0.2, 0.25) is 0 Å². The van der Waals surface area contributed by atoms with E-state index < -0.39 is 0 Å². The molecule has 0 bridgehead atoms. The zero-order chi connectivity index (χ0) is 14.2. The van der Waals surface area contributed by atoms with E-state index in [1.54, 1.807) is 42.7 Å². The van der Waals surface area contributed by atoms with Crippen molar-refractivity contribution in [1.82, 2.24) is 15.3 Å². The number of aromatic nitrogens is 2. The van der Waals surface area contributed by atoms with Crippen molar-refractivity contribution in [1.29, 1.82) is 5.26 Å². The molecule has 0 aliphatic carbocycles. The van der Waals surface area contributed by atoms with E-state index >= 15 is 0 Å². The van der Waals surface area contributed by atoms with Crippen LogP contribution in [0, 0.1) is 11.3 Å². The molecule has 1 heterocycles. The minimum atomic E-state index is -0.176. The number of rotatable bonds is 5. The second-order valence-electron chi connectivity index (χ2n) is 3.94. The zero-order valence-corrected chi connectivity index (χ0v) is 10.7. The number of nitrogens with zero attached hydrogens (tertiary/aromatic N) is 3. The van der Waals surface area contributed by atoms with E-state index in [0.717, 1.165) is 0 Å². The summed E-state index contributed by atoms with van der Waals surface area (Å²) in [5.41, 5.74) is 1.06. The Balaban J connectivity index is 1.76. The number of hydrogen-bond donors (Lipinski definition) is 2. The second kappa shape index (κ2) is 6.85. The Hall–Kier alpha value is -2.94. The van der Waals surface area contributed by atoms with Crippen molar-refractivity contribution in [2.24, 2.45) is 0 Å². The highest BCUT2D eigenvalue weighted by Gasteiger charge is 2.04. The molecule has 1 aromatic carbocycles. The van der Waals surface area contributed by atoms with Crippen LogP contribution < -0.4 is 10.6 Å². The third kappa shape index (κ3) is 3.78. The van der Waals surface area contributed by atoms with E-state index in [1.807, 2.05) is 6.07 Å². The van der Waals surface area contributed by atoms with Gasteiger partial charge in [0.2, 0.25) is 5.95 Å². The number of carbonyl (C=O) groups excluding carboxylic acids is 1. The van der Waals surface area contributed by atoms with E-state index in [1.165, 1.54) is 0 Å². The number of nitriles is 1. The number of nitrogens with one attached hydrogen (secondary N) is 2. The molecule has 0 atom stereocenters. The van der Waals surface area contributed by atoms with Crippen molar-refractivity contribution in [2.75, 3.05) is 18.4 Å². The predicted octanol–water partition coefficient (Wildman–Crippen LogP) is 1.19. The lowest BCUT2D eigenvalue weighted by Crippen LogP contribution is -2.29. The van der Waals surface area contributed by atoms with Crippen molar-refractivity contribution >= 4 is 11.9 Å². The molecular weight excluding hydrogens is 254 g/mol. The molecule has 6 heteroatoms. The van der Waals surface area contributed by atoms with Gasteiger partial charge < -0.3 is 10.6 Å². The van der Waals surface area contributed by atoms with Gasteiger partial charge in [0, 0.05) is 31.0 Å². The van der Waals surface area contributed by atoms with Crippen LogP contribution in [0.25, 0.3) is 0 Å². The minimum Gasteiger partial charge on any atom is -0.352 e. The highest BCUT2D eigenvalue weighted by Crippen LogP contribution is 2.02. The molecule has 2 N–H and O–H groups in total. The van der Waals surface area contributed by atoms with Gasteiger partial charge in [-0.05, 0) is 30.3 Å². The molecule has 0 unspecified atom stereocenters. The maximum atomic E-state index is 11.8. The van der Waals surface area contributed by atoms with Gasteiger partial charge in [0.15, 0.2) is 0 Å². The van der Waals surface area contributed by atoms with Gasteiger partial charge in [-0.2, -0.15) is 5.26 Å². The molecule has 100 valence electrons. The van der Waals surface area contributed by atoms with Gasteiger partial charge in [-0.1, -0.05) is 0 Å².